The normalized spacial score (nSPS) is 15.1. The monoisotopic (exact) mass is 287 g/mol. The molecule has 21 heavy (non-hydrogen) atoms. The maximum atomic E-state index is 11.3. The van der Waals surface area contributed by atoms with E-state index in [1.807, 2.05) is 12.2 Å². The smallest absolute Gasteiger partial charge is 0.199 e. The zero-order valence-electron chi connectivity index (χ0n) is 13.5. The summed E-state index contributed by atoms with van der Waals surface area (Å²) in [6.45, 7) is 6.54. The van der Waals surface area contributed by atoms with Crippen LogP contribution in [0.15, 0.2) is 16.6 Å². The summed E-state index contributed by atoms with van der Waals surface area (Å²) in [5, 5.41) is 1.07. The van der Waals surface area contributed by atoms with Crippen LogP contribution in [0.3, 0.4) is 0 Å². The molecule has 1 aliphatic carbocycles. The quantitative estimate of drug-likeness (QED) is 0.754. The number of furan rings is 1. The van der Waals surface area contributed by atoms with Crippen LogP contribution in [0.4, 0.5) is 5.88 Å². The molecule has 0 spiro atoms. The molecule has 3 nitrogen and oxygen atoms in total. The summed E-state index contributed by atoms with van der Waals surface area (Å²) >= 11 is 0. The molecule has 0 aliphatic heterocycles. The number of carbonyl (C=O) groups is 1. The zero-order valence-corrected chi connectivity index (χ0v) is 13.5. The van der Waals surface area contributed by atoms with E-state index in [2.05, 4.69) is 38.8 Å². The Morgan fingerprint density at radius 2 is 2.19 bits per heavy atom. The van der Waals surface area contributed by atoms with Crippen LogP contribution in [-0.2, 0) is 11.2 Å². The van der Waals surface area contributed by atoms with E-state index in [9.17, 15) is 4.79 Å². The number of hydrogen-bond donors (Lipinski definition) is 0. The van der Waals surface area contributed by atoms with Gasteiger partial charge in [-0.25, -0.2) is 0 Å². The largest absolute Gasteiger partial charge is 0.440 e. The van der Waals surface area contributed by atoms with Crippen LogP contribution in [0.25, 0.3) is 11.6 Å². The van der Waals surface area contributed by atoms with E-state index in [4.69, 9.17) is 4.42 Å². The van der Waals surface area contributed by atoms with E-state index in [0.717, 1.165) is 47.6 Å². The van der Waals surface area contributed by atoms with Gasteiger partial charge in [-0.2, -0.15) is 0 Å². The fraction of sp³-hybridized carbons (Fsp3) is 0.500. The van der Waals surface area contributed by atoms with E-state index in [-0.39, 0.29) is 0 Å². The standard InChI is InChI=1S/C18H25NO2/c1-5-9-13(3)19(4)18-15(6-2)16-11-8-7-10-14(12-20)17(16)21-18/h7-8,11-13H,5-6,9-10H2,1-4H3. The van der Waals surface area contributed by atoms with Crippen molar-refractivity contribution >= 4 is 23.8 Å². The average Bonchev–Trinajstić information content (AvgIpc) is 2.73. The van der Waals surface area contributed by atoms with E-state index in [1.54, 1.807) is 0 Å². The predicted octanol–water partition coefficient (Wildman–Crippen LogP) is 2.56. The molecule has 1 aromatic rings. The molecule has 0 saturated heterocycles. The molecule has 2 rings (SSSR count). The highest BCUT2D eigenvalue weighted by molar-refractivity contribution is 5.98. The third-order valence-electron chi connectivity index (χ3n) is 4.24. The number of hydrogen-bond acceptors (Lipinski definition) is 3. The summed E-state index contributed by atoms with van der Waals surface area (Å²) in [6, 6.07) is 0.422. The lowest BCUT2D eigenvalue weighted by atomic mass is 10.1. The molecular weight excluding hydrogens is 262 g/mol. The van der Waals surface area contributed by atoms with Crippen molar-refractivity contribution in [2.45, 2.75) is 52.5 Å². The molecule has 1 aliphatic rings. The van der Waals surface area contributed by atoms with Crippen LogP contribution in [0, 0.1) is 0 Å². The number of fused-ring (bicyclic) bond motifs is 1. The van der Waals surface area contributed by atoms with Crippen molar-refractivity contribution in [1.29, 1.82) is 0 Å². The Kier molecular flexibility index (Phi) is 5.05. The number of allylic oxidation sites excluding steroid dienone is 2. The van der Waals surface area contributed by atoms with E-state index in [0.29, 0.717) is 12.5 Å². The van der Waals surface area contributed by atoms with Crippen molar-refractivity contribution in [3.05, 3.63) is 28.3 Å². The highest BCUT2D eigenvalue weighted by Crippen LogP contribution is 2.21. The first-order chi connectivity index (χ1) is 10.1. The second-order valence-electron chi connectivity index (χ2n) is 5.67. The molecule has 0 fully saturated rings. The molecule has 114 valence electrons. The van der Waals surface area contributed by atoms with Gasteiger partial charge in [0.2, 0.25) is 0 Å². The molecule has 0 amide bonds. The minimum Gasteiger partial charge on any atom is -0.440 e. The van der Waals surface area contributed by atoms with E-state index < -0.39 is 0 Å². The van der Waals surface area contributed by atoms with Crippen molar-refractivity contribution < 1.29 is 9.21 Å². The Hall–Kier alpha value is -1.77. The second kappa shape index (κ2) is 6.79. The molecule has 1 atom stereocenters. The van der Waals surface area contributed by atoms with Crippen LogP contribution in [0.5, 0.6) is 0 Å². The maximum absolute atomic E-state index is 11.3. The molecule has 0 N–H and O–H groups in total. The minimum atomic E-state index is 0.422. The van der Waals surface area contributed by atoms with Gasteiger partial charge in [0.05, 0.1) is 0 Å². The minimum absolute atomic E-state index is 0.422. The Morgan fingerprint density at radius 1 is 1.43 bits per heavy atom. The molecule has 0 aromatic carbocycles. The predicted molar refractivity (Wildman–Crippen MR) is 87.8 cm³/mol. The Bertz CT molecular complexity index is 651. The Labute approximate surface area is 126 Å². The molecule has 1 heterocycles. The van der Waals surface area contributed by atoms with Gasteiger partial charge in [-0.1, -0.05) is 38.5 Å². The maximum Gasteiger partial charge on any atom is 0.199 e. The Morgan fingerprint density at radius 3 is 2.81 bits per heavy atom. The van der Waals surface area contributed by atoms with Gasteiger partial charge in [0.25, 0.3) is 0 Å². The third kappa shape index (κ3) is 2.97. The number of nitrogens with zero attached hydrogens (tertiary/aromatic N) is 1. The van der Waals surface area contributed by atoms with Crippen molar-refractivity contribution in [1.82, 2.24) is 0 Å². The lowest BCUT2D eigenvalue weighted by molar-refractivity contribution is -0.103. The van der Waals surface area contributed by atoms with Crippen LogP contribution < -0.4 is 15.5 Å². The van der Waals surface area contributed by atoms with Gasteiger partial charge < -0.3 is 9.32 Å². The highest BCUT2D eigenvalue weighted by atomic mass is 16.4. The van der Waals surface area contributed by atoms with Gasteiger partial charge in [0, 0.05) is 29.4 Å². The molecule has 0 bridgehead atoms. The summed E-state index contributed by atoms with van der Waals surface area (Å²) in [6.07, 6.45) is 10.8. The summed E-state index contributed by atoms with van der Waals surface area (Å²) in [5.41, 5.74) is 2.67. The SMILES string of the molecule is CCCC(C)N(C)c1oc2c(c1CC)=CC=CCC=2C=O. The van der Waals surface area contributed by atoms with Gasteiger partial charge in [-0.05, 0) is 26.2 Å². The number of aldehydes is 1. The molecule has 0 saturated carbocycles. The molecule has 1 unspecified atom stereocenters. The highest BCUT2D eigenvalue weighted by Gasteiger charge is 2.19. The first-order valence-electron chi connectivity index (χ1n) is 7.83. The molecule has 1 aromatic heterocycles. The van der Waals surface area contributed by atoms with Crippen LogP contribution in [0.1, 0.15) is 45.6 Å². The first kappa shape index (κ1) is 15.6. The number of rotatable bonds is 6. The third-order valence-corrected chi connectivity index (χ3v) is 4.24. The van der Waals surface area contributed by atoms with E-state index in [1.165, 1.54) is 5.56 Å². The lowest BCUT2D eigenvalue weighted by Gasteiger charge is -2.25. The fourth-order valence-corrected chi connectivity index (χ4v) is 2.87. The van der Waals surface area contributed by atoms with Crippen LogP contribution in [-0.4, -0.2) is 19.4 Å². The summed E-state index contributed by atoms with van der Waals surface area (Å²) in [4.78, 5) is 13.5. The molecular formula is C18H25NO2. The number of anilines is 1. The van der Waals surface area contributed by atoms with Crippen LogP contribution >= 0.6 is 0 Å². The second-order valence-corrected chi connectivity index (χ2v) is 5.67. The summed E-state index contributed by atoms with van der Waals surface area (Å²) in [5.74, 6) is 0.911. The lowest BCUT2D eigenvalue weighted by Crippen LogP contribution is -2.29. The fourth-order valence-electron chi connectivity index (χ4n) is 2.87. The van der Waals surface area contributed by atoms with Crippen LogP contribution in [0.2, 0.25) is 0 Å². The van der Waals surface area contributed by atoms with Gasteiger partial charge in [0.15, 0.2) is 5.88 Å². The average molecular weight is 287 g/mol. The Balaban J connectivity index is 2.63. The topological polar surface area (TPSA) is 33.5 Å². The molecule has 3 heteroatoms. The van der Waals surface area contributed by atoms with Gasteiger partial charge in [0.1, 0.15) is 11.7 Å². The van der Waals surface area contributed by atoms with Crippen molar-refractivity contribution in [2.24, 2.45) is 0 Å². The number of carbonyl (C=O) groups excluding carboxylic acids is 1. The van der Waals surface area contributed by atoms with Gasteiger partial charge in [-0.15, -0.1) is 0 Å². The van der Waals surface area contributed by atoms with Crippen molar-refractivity contribution in [3.8, 4) is 0 Å². The zero-order chi connectivity index (χ0) is 15.4. The van der Waals surface area contributed by atoms with Crippen molar-refractivity contribution in [3.63, 3.8) is 0 Å². The molecule has 0 radical (unpaired) electrons. The summed E-state index contributed by atoms with van der Waals surface area (Å²) in [7, 11) is 2.08. The van der Waals surface area contributed by atoms with Gasteiger partial charge in [-0.3, -0.25) is 4.79 Å². The van der Waals surface area contributed by atoms with Gasteiger partial charge >= 0.3 is 0 Å². The summed E-state index contributed by atoms with van der Waals surface area (Å²) < 4.78 is 6.13. The first-order valence-corrected chi connectivity index (χ1v) is 7.83. The van der Waals surface area contributed by atoms with Crippen molar-refractivity contribution in [2.75, 3.05) is 11.9 Å². The van der Waals surface area contributed by atoms with E-state index >= 15 is 0 Å².